The Morgan fingerprint density at radius 1 is 1.63 bits per heavy atom. The fourth-order valence-electron chi connectivity index (χ4n) is 3.35. The van der Waals surface area contributed by atoms with Crippen molar-refractivity contribution in [2.24, 2.45) is 11.3 Å². The van der Waals surface area contributed by atoms with Crippen LogP contribution in [0.1, 0.15) is 25.0 Å². The molecular formula is C13H14N4O2. The standard InChI is InChI=1S/C13H14N4O2/c14-6-10-3-5-15-12(16-10)17-7-9-2-1-4-13(9,8-17)11(18)19/h3,5,9H,1-2,4,7-8H2,(H,18,19)/t9-,13+/m0/s1. The van der Waals surface area contributed by atoms with Gasteiger partial charge < -0.3 is 10.0 Å². The summed E-state index contributed by atoms with van der Waals surface area (Å²) in [4.78, 5) is 21.8. The van der Waals surface area contributed by atoms with Gasteiger partial charge in [0.2, 0.25) is 5.95 Å². The van der Waals surface area contributed by atoms with E-state index >= 15 is 0 Å². The second kappa shape index (κ2) is 4.19. The van der Waals surface area contributed by atoms with Gasteiger partial charge in [0.15, 0.2) is 0 Å². The molecule has 0 aromatic carbocycles. The van der Waals surface area contributed by atoms with Gasteiger partial charge in [-0.3, -0.25) is 4.79 Å². The lowest BCUT2D eigenvalue weighted by molar-refractivity contribution is -0.149. The number of anilines is 1. The quantitative estimate of drug-likeness (QED) is 0.852. The zero-order valence-electron chi connectivity index (χ0n) is 10.4. The van der Waals surface area contributed by atoms with Crippen LogP contribution in [0.15, 0.2) is 12.3 Å². The minimum absolute atomic E-state index is 0.166. The number of carboxylic acids is 1. The highest BCUT2D eigenvalue weighted by Gasteiger charge is 2.55. The van der Waals surface area contributed by atoms with E-state index in [2.05, 4.69) is 9.97 Å². The van der Waals surface area contributed by atoms with Crippen LogP contribution in [0.5, 0.6) is 0 Å². The molecular weight excluding hydrogens is 244 g/mol. The van der Waals surface area contributed by atoms with Crippen LogP contribution in [-0.2, 0) is 4.79 Å². The van der Waals surface area contributed by atoms with Gasteiger partial charge in [-0.05, 0) is 24.8 Å². The Morgan fingerprint density at radius 3 is 3.16 bits per heavy atom. The summed E-state index contributed by atoms with van der Waals surface area (Å²) in [6.07, 6.45) is 4.19. The molecule has 2 heterocycles. The average Bonchev–Trinajstić information content (AvgIpc) is 2.96. The summed E-state index contributed by atoms with van der Waals surface area (Å²) >= 11 is 0. The van der Waals surface area contributed by atoms with E-state index in [1.54, 1.807) is 12.3 Å². The van der Waals surface area contributed by atoms with E-state index in [0.29, 0.717) is 24.7 Å². The number of fused-ring (bicyclic) bond motifs is 1. The molecule has 1 aromatic rings. The number of nitriles is 1. The van der Waals surface area contributed by atoms with Gasteiger partial charge >= 0.3 is 5.97 Å². The number of hydrogen-bond acceptors (Lipinski definition) is 5. The summed E-state index contributed by atoms with van der Waals surface area (Å²) in [7, 11) is 0. The SMILES string of the molecule is N#Cc1ccnc(N2C[C@@H]3CCC[C@@]3(C(=O)O)C2)n1. The maximum atomic E-state index is 11.6. The lowest BCUT2D eigenvalue weighted by Crippen LogP contribution is -2.36. The van der Waals surface area contributed by atoms with Crippen molar-refractivity contribution in [2.75, 3.05) is 18.0 Å². The summed E-state index contributed by atoms with van der Waals surface area (Å²) in [5.74, 6) is -0.0812. The Labute approximate surface area is 110 Å². The van der Waals surface area contributed by atoms with Crippen molar-refractivity contribution >= 4 is 11.9 Å². The van der Waals surface area contributed by atoms with Gasteiger partial charge in [0.1, 0.15) is 11.8 Å². The fraction of sp³-hybridized carbons (Fsp3) is 0.538. The van der Waals surface area contributed by atoms with E-state index in [4.69, 9.17) is 5.26 Å². The van der Waals surface area contributed by atoms with E-state index in [0.717, 1.165) is 19.3 Å². The Balaban J connectivity index is 1.90. The molecule has 0 radical (unpaired) electrons. The van der Waals surface area contributed by atoms with Crippen LogP contribution in [0.4, 0.5) is 5.95 Å². The summed E-state index contributed by atoms with van der Waals surface area (Å²) in [6, 6.07) is 3.53. The summed E-state index contributed by atoms with van der Waals surface area (Å²) in [5.41, 5.74) is -0.335. The van der Waals surface area contributed by atoms with Crippen molar-refractivity contribution in [1.29, 1.82) is 5.26 Å². The van der Waals surface area contributed by atoms with Crippen LogP contribution < -0.4 is 4.90 Å². The molecule has 3 rings (SSSR count). The van der Waals surface area contributed by atoms with Crippen LogP contribution in [0.3, 0.4) is 0 Å². The minimum Gasteiger partial charge on any atom is -0.481 e. The maximum absolute atomic E-state index is 11.6. The zero-order chi connectivity index (χ0) is 13.5. The highest BCUT2D eigenvalue weighted by molar-refractivity contribution is 5.77. The number of aliphatic carboxylic acids is 1. The number of nitrogens with zero attached hydrogens (tertiary/aromatic N) is 4. The van der Waals surface area contributed by atoms with Gasteiger partial charge in [-0.2, -0.15) is 5.26 Å². The first-order valence-electron chi connectivity index (χ1n) is 6.37. The average molecular weight is 258 g/mol. The predicted octanol–water partition coefficient (Wildman–Crippen LogP) is 1.04. The fourth-order valence-corrected chi connectivity index (χ4v) is 3.35. The first-order chi connectivity index (χ1) is 9.15. The van der Waals surface area contributed by atoms with Crippen LogP contribution >= 0.6 is 0 Å². The molecule has 1 saturated carbocycles. The van der Waals surface area contributed by atoms with Crippen molar-refractivity contribution in [3.05, 3.63) is 18.0 Å². The van der Waals surface area contributed by atoms with E-state index in [1.807, 2.05) is 11.0 Å². The number of rotatable bonds is 2. The molecule has 0 bridgehead atoms. The zero-order valence-corrected chi connectivity index (χ0v) is 10.4. The Bertz CT molecular complexity index is 568. The van der Waals surface area contributed by atoms with Gasteiger partial charge in [0, 0.05) is 19.3 Å². The molecule has 6 heteroatoms. The normalized spacial score (nSPS) is 29.0. The Kier molecular flexibility index (Phi) is 2.63. The second-order valence-electron chi connectivity index (χ2n) is 5.28. The molecule has 0 spiro atoms. The third-order valence-electron chi connectivity index (χ3n) is 4.34. The van der Waals surface area contributed by atoms with Crippen molar-refractivity contribution in [2.45, 2.75) is 19.3 Å². The Morgan fingerprint density at radius 2 is 2.47 bits per heavy atom. The highest BCUT2D eigenvalue weighted by atomic mass is 16.4. The molecule has 19 heavy (non-hydrogen) atoms. The Hall–Kier alpha value is -2.16. The van der Waals surface area contributed by atoms with Crippen molar-refractivity contribution in [1.82, 2.24) is 9.97 Å². The third kappa shape index (κ3) is 1.73. The molecule has 2 aliphatic rings. The van der Waals surface area contributed by atoms with Crippen LogP contribution in [0.25, 0.3) is 0 Å². The summed E-state index contributed by atoms with van der Waals surface area (Å²) in [6.45, 7) is 1.11. The molecule has 0 amide bonds. The highest BCUT2D eigenvalue weighted by Crippen LogP contribution is 2.49. The molecule has 1 saturated heterocycles. The van der Waals surface area contributed by atoms with Crippen LogP contribution in [-0.4, -0.2) is 34.1 Å². The minimum atomic E-state index is -0.714. The van der Waals surface area contributed by atoms with E-state index in [1.165, 1.54) is 0 Å². The molecule has 98 valence electrons. The van der Waals surface area contributed by atoms with Crippen molar-refractivity contribution in [3.63, 3.8) is 0 Å². The molecule has 1 aliphatic carbocycles. The smallest absolute Gasteiger partial charge is 0.311 e. The lowest BCUT2D eigenvalue weighted by atomic mass is 9.81. The van der Waals surface area contributed by atoms with Crippen LogP contribution in [0.2, 0.25) is 0 Å². The second-order valence-corrected chi connectivity index (χ2v) is 5.28. The van der Waals surface area contributed by atoms with E-state index in [9.17, 15) is 9.90 Å². The van der Waals surface area contributed by atoms with Crippen molar-refractivity contribution in [3.8, 4) is 6.07 Å². The predicted molar refractivity (Wildman–Crippen MR) is 66.4 cm³/mol. The van der Waals surface area contributed by atoms with Gasteiger partial charge in [-0.1, -0.05) is 6.42 Å². The van der Waals surface area contributed by atoms with Crippen molar-refractivity contribution < 1.29 is 9.90 Å². The molecule has 0 unspecified atom stereocenters. The number of aromatic nitrogens is 2. The number of carbonyl (C=O) groups is 1. The molecule has 6 nitrogen and oxygen atoms in total. The third-order valence-corrected chi connectivity index (χ3v) is 4.34. The van der Waals surface area contributed by atoms with E-state index in [-0.39, 0.29) is 5.92 Å². The first kappa shape index (κ1) is 11.9. The molecule has 1 aliphatic heterocycles. The van der Waals surface area contributed by atoms with Gasteiger partial charge in [0.25, 0.3) is 0 Å². The van der Waals surface area contributed by atoms with Gasteiger partial charge in [-0.25, -0.2) is 9.97 Å². The largest absolute Gasteiger partial charge is 0.481 e. The molecule has 1 N–H and O–H groups in total. The maximum Gasteiger partial charge on any atom is 0.311 e. The molecule has 2 atom stereocenters. The summed E-state index contributed by atoms with van der Waals surface area (Å²) in [5, 5.41) is 18.4. The monoisotopic (exact) mass is 258 g/mol. The number of hydrogen-bond donors (Lipinski definition) is 1. The lowest BCUT2D eigenvalue weighted by Gasteiger charge is -2.23. The van der Waals surface area contributed by atoms with Gasteiger partial charge in [-0.15, -0.1) is 0 Å². The topological polar surface area (TPSA) is 90.1 Å². The molecule has 1 aromatic heterocycles. The first-order valence-corrected chi connectivity index (χ1v) is 6.37. The number of carboxylic acid groups (broad SMARTS) is 1. The van der Waals surface area contributed by atoms with Gasteiger partial charge in [0.05, 0.1) is 5.41 Å². The van der Waals surface area contributed by atoms with Crippen LogP contribution in [0, 0.1) is 22.7 Å². The summed E-state index contributed by atoms with van der Waals surface area (Å²) < 4.78 is 0. The molecule has 2 fully saturated rings. The van der Waals surface area contributed by atoms with E-state index < -0.39 is 11.4 Å².